The van der Waals surface area contributed by atoms with E-state index in [1.54, 1.807) is 0 Å². The van der Waals surface area contributed by atoms with Crippen molar-refractivity contribution in [3.63, 3.8) is 0 Å². The first-order valence-corrected chi connectivity index (χ1v) is 17.5. The Labute approximate surface area is 291 Å². The second kappa shape index (κ2) is 11.6. The fraction of sp³-hybridized carbons (Fsp3) is 0.0417. The standard InChI is InChI=1S/C48H34N2/c1-5-19-45-41(15-1)42-16-2-6-20-46(42)49(45)39-27-23-33(24-28-39)35-11-9-13-37(31-35)38-14-10-12-36(32-38)34-25-29-40(30-26-34)50-47-21-7-3-17-43(47)44-18-4-8-22-48(44)50/h1-13,15-32,38H,14H2. The minimum atomic E-state index is 0.323. The van der Waals surface area contributed by atoms with Crippen LogP contribution in [0.4, 0.5) is 0 Å². The second-order valence-corrected chi connectivity index (χ2v) is 13.3. The maximum atomic E-state index is 2.44. The summed E-state index contributed by atoms with van der Waals surface area (Å²) in [5.74, 6) is 0.323. The number of para-hydroxylation sites is 4. The topological polar surface area (TPSA) is 9.86 Å². The van der Waals surface area contributed by atoms with Crippen LogP contribution in [-0.2, 0) is 0 Å². The van der Waals surface area contributed by atoms with Crippen molar-refractivity contribution in [2.75, 3.05) is 0 Å². The zero-order valence-corrected chi connectivity index (χ0v) is 27.6. The zero-order valence-electron chi connectivity index (χ0n) is 27.6. The van der Waals surface area contributed by atoms with Crippen molar-refractivity contribution < 1.29 is 0 Å². The minimum Gasteiger partial charge on any atom is -0.309 e. The summed E-state index contributed by atoms with van der Waals surface area (Å²) in [5, 5.41) is 5.14. The molecule has 0 aliphatic heterocycles. The molecule has 1 aliphatic rings. The third-order valence-corrected chi connectivity index (χ3v) is 10.5. The lowest BCUT2D eigenvalue weighted by molar-refractivity contribution is 0.857. The Bertz CT molecular complexity index is 2660. The van der Waals surface area contributed by atoms with Crippen LogP contribution >= 0.6 is 0 Å². The zero-order chi connectivity index (χ0) is 33.0. The van der Waals surface area contributed by atoms with Gasteiger partial charge in [-0.2, -0.15) is 0 Å². The number of hydrogen-bond donors (Lipinski definition) is 0. The molecule has 2 heteroatoms. The van der Waals surface area contributed by atoms with Gasteiger partial charge < -0.3 is 9.13 Å². The first-order valence-electron chi connectivity index (χ1n) is 17.5. The summed E-state index contributed by atoms with van der Waals surface area (Å²) in [6, 6.07) is 61.9. The summed E-state index contributed by atoms with van der Waals surface area (Å²) >= 11 is 0. The summed E-state index contributed by atoms with van der Waals surface area (Å²) in [5.41, 5.74) is 13.6. The van der Waals surface area contributed by atoms with Gasteiger partial charge in [0.15, 0.2) is 0 Å². The first kappa shape index (κ1) is 28.6. The summed E-state index contributed by atoms with van der Waals surface area (Å²) in [6.45, 7) is 0. The third-order valence-electron chi connectivity index (χ3n) is 10.5. The largest absolute Gasteiger partial charge is 0.309 e. The van der Waals surface area contributed by atoms with Crippen molar-refractivity contribution in [3.05, 3.63) is 199 Å². The van der Waals surface area contributed by atoms with Crippen LogP contribution in [0.25, 0.3) is 71.7 Å². The van der Waals surface area contributed by atoms with Crippen LogP contribution in [0.15, 0.2) is 188 Å². The molecule has 2 nitrogen and oxygen atoms in total. The maximum Gasteiger partial charge on any atom is 0.0541 e. The van der Waals surface area contributed by atoms with Crippen LogP contribution in [0.1, 0.15) is 23.5 Å². The van der Waals surface area contributed by atoms with E-state index in [1.165, 1.54) is 82.8 Å². The van der Waals surface area contributed by atoms with Gasteiger partial charge in [0.1, 0.15) is 0 Å². The Morgan fingerprint density at radius 2 is 0.860 bits per heavy atom. The lowest BCUT2D eigenvalue weighted by Gasteiger charge is -2.19. The molecule has 0 saturated carbocycles. The monoisotopic (exact) mass is 638 g/mol. The van der Waals surface area contributed by atoms with Gasteiger partial charge in [0.2, 0.25) is 0 Å². The molecule has 0 N–H and O–H groups in total. The van der Waals surface area contributed by atoms with E-state index in [-0.39, 0.29) is 0 Å². The highest BCUT2D eigenvalue weighted by Crippen LogP contribution is 2.37. The van der Waals surface area contributed by atoms with Crippen LogP contribution in [0.5, 0.6) is 0 Å². The Balaban J connectivity index is 0.943. The molecule has 9 aromatic rings. The van der Waals surface area contributed by atoms with Gasteiger partial charge in [0.25, 0.3) is 0 Å². The van der Waals surface area contributed by atoms with E-state index in [4.69, 9.17) is 0 Å². The van der Waals surface area contributed by atoms with E-state index in [0.717, 1.165) is 6.42 Å². The van der Waals surface area contributed by atoms with Crippen LogP contribution in [0.2, 0.25) is 0 Å². The van der Waals surface area contributed by atoms with Gasteiger partial charge in [-0.15, -0.1) is 0 Å². The molecule has 0 saturated heterocycles. The summed E-state index contributed by atoms with van der Waals surface area (Å²) in [4.78, 5) is 0. The van der Waals surface area contributed by atoms with Crippen molar-refractivity contribution in [1.29, 1.82) is 0 Å². The Kier molecular flexibility index (Phi) is 6.67. The molecule has 2 aromatic heterocycles. The fourth-order valence-electron chi connectivity index (χ4n) is 8.06. The lowest BCUT2D eigenvalue weighted by Crippen LogP contribution is -2.00. The van der Waals surface area contributed by atoms with Gasteiger partial charge >= 0.3 is 0 Å². The van der Waals surface area contributed by atoms with Crippen LogP contribution in [0, 0.1) is 0 Å². The van der Waals surface area contributed by atoms with Crippen LogP contribution in [-0.4, -0.2) is 9.13 Å². The molecule has 0 bridgehead atoms. The van der Waals surface area contributed by atoms with Crippen molar-refractivity contribution in [3.8, 4) is 22.5 Å². The van der Waals surface area contributed by atoms with Gasteiger partial charge in [-0.25, -0.2) is 0 Å². The number of benzene rings is 7. The van der Waals surface area contributed by atoms with Crippen molar-refractivity contribution >= 4 is 49.2 Å². The minimum absolute atomic E-state index is 0.323. The molecule has 1 atom stereocenters. The Hall–Kier alpha value is -6.38. The van der Waals surface area contributed by atoms with Gasteiger partial charge in [-0.3, -0.25) is 0 Å². The Morgan fingerprint density at radius 1 is 0.400 bits per heavy atom. The average Bonchev–Trinajstić information content (AvgIpc) is 3.71. The van der Waals surface area contributed by atoms with Gasteiger partial charge in [-0.05, 0) is 82.8 Å². The average molecular weight is 639 g/mol. The van der Waals surface area contributed by atoms with E-state index in [1.807, 2.05) is 0 Å². The van der Waals surface area contributed by atoms with Crippen molar-refractivity contribution in [2.45, 2.75) is 12.3 Å². The molecule has 0 radical (unpaired) electrons. The van der Waals surface area contributed by atoms with Crippen LogP contribution < -0.4 is 0 Å². The van der Waals surface area contributed by atoms with E-state index in [2.05, 4.69) is 197 Å². The van der Waals surface area contributed by atoms with Gasteiger partial charge in [-0.1, -0.05) is 140 Å². The van der Waals surface area contributed by atoms with E-state index >= 15 is 0 Å². The number of nitrogens with zero attached hydrogens (tertiary/aromatic N) is 2. The molecule has 0 amide bonds. The molecule has 0 spiro atoms. The normalized spacial score (nSPS) is 14.6. The van der Waals surface area contributed by atoms with Crippen LogP contribution in [0.3, 0.4) is 0 Å². The Morgan fingerprint density at radius 3 is 1.36 bits per heavy atom. The highest BCUT2D eigenvalue weighted by atomic mass is 15.0. The molecule has 1 aliphatic carbocycles. The number of rotatable bonds is 5. The highest BCUT2D eigenvalue weighted by Gasteiger charge is 2.16. The smallest absolute Gasteiger partial charge is 0.0541 e. The SMILES string of the molecule is C1=CC(c2ccc(-n3c4ccccc4c4ccccc43)cc2)=CC(c2cccc(-c3ccc(-n4c5ccccc5c5ccccc54)cc3)c2)C1. The molecule has 236 valence electrons. The molecule has 50 heavy (non-hydrogen) atoms. The van der Waals surface area contributed by atoms with E-state index in [9.17, 15) is 0 Å². The predicted molar refractivity (Wildman–Crippen MR) is 211 cm³/mol. The first-order chi connectivity index (χ1) is 24.8. The fourth-order valence-corrected chi connectivity index (χ4v) is 8.06. The summed E-state index contributed by atoms with van der Waals surface area (Å²) < 4.78 is 4.75. The molecule has 10 rings (SSSR count). The van der Waals surface area contributed by atoms with Gasteiger partial charge in [0.05, 0.1) is 22.1 Å². The number of allylic oxidation sites excluding steroid dienone is 4. The molecular formula is C48H34N2. The maximum absolute atomic E-state index is 2.44. The number of aromatic nitrogens is 2. The molecule has 0 fully saturated rings. The number of hydrogen-bond acceptors (Lipinski definition) is 0. The molecular weight excluding hydrogens is 605 g/mol. The quantitative estimate of drug-likeness (QED) is 0.178. The van der Waals surface area contributed by atoms with Gasteiger partial charge in [0, 0.05) is 38.8 Å². The third kappa shape index (κ3) is 4.64. The summed E-state index contributed by atoms with van der Waals surface area (Å²) in [6.07, 6.45) is 8.05. The highest BCUT2D eigenvalue weighted by molar-refractivity contribution is 6.10. The molecule has 2 heterocycles. The van der Waals surface area contributed by atoms with E-state index in [0.29, 0.717) is 5.92 Å². The van der Waals surface area contributed by atoms with E-state index < -0.39 is 0 Å². The van der Waals surface area contributed by atoms with Crippen molar-refractivity contribution in [2.24, 2.45) is 0 Å². The summed E-state index contributed by atoms with van der Waals surface area (Å²) in [7, 11) is 0. The number of fused-ring (bicyclic) bond motifs is 6. The predicted octanol–water partition coefficient (Wildman–Crippen LogP) is 12.7. The second-order valence-electron chi connectivity index (χ2n) is 13.3. The molecule has 7 aromatic carbocycles. The molecule has 1 unspecified atom stereocenters. The van der Waals surface area contributed by atoms with Crippen molar-refractivity contribution in [1.82, 2.24) is 9.13 Å². The lowest BCUT2D eigenvalue weighted by atomic mass is 9.86.